The number of H-pyrrole nitrogens is 1. The molecule has 1 aromatic rings. The molecule has 0 aromatic carbocycles. The number of rotatable bonds is 16. The zero-order valence-electron chi connectivity index (χ0n) is 18.5. The maximum Gasteiger partial charge on any atom is 0.326 e. The van der Waals surface area contributed by atoms with Crippen molar-refractivity contribution in [1.82, 2.24) is 25.9 Å². The van der Waals surface area contributed by atoms with E-state index in [0.717, 1.165) is 0 Å². The van der Waals surface area contributed by atoms with Crippen LogP contribution in [0.5, 0.6) is 0 Å². The summed E-state index contributed by atoms with van der Waals surface area (Å²) in [7, 11) is 0. The molecule has 0 spiro atoms. The largest absolute Gasteiger partial charge is 0.481 e. The van der Waals surface area contributed by atoms with Gasteiger partial charge >= 0.3 is 17.9 Å². The topological polar surface area (TPSA) is 274 Å². The minimum Gasteiger partial charge on any atom is -0.481 e. The molecule has 0 aliphatic carbocycles. The van der Waals surface area contributed by atoms with Crippen LogP contribution in [0.25, 0.3) is 0 Å². The van der Waals surface area contributed by atoms with Crippen molar-refractivity contribution in [3.05, 3.63) is 18.2 Å². The number of carbonyl (C=O) groups excluding carboxylic acids is 3. The van der Waals surface area contributed by atoms with Crippen molar-refractivity contribution < 1.29 is 49.2 Å². The second kappa shape index (κ2) is 14.3. The smallest absolute Gasteiger partial charge is 0.326 e. The van der Waals surface area contributed by atoms with Gasteiger partial charge in [-0.25, -0.2) is 9.78 Å². The molecule has 0 bridgehead atoms. The fourth-order valence-electron chi connectivity index (χ4n) is 2.81. The third kappa shape index (κ3) is 10.6. The molecule has 0 aliphatic heterocycles. The Morgan fingerprint density at radius 2 is 1.37 bits per heavy atom. The van der Waals surface area contributed by atoms with Crippen molar-refractivity contribution >= 4 is 35.6 Å². The Morgan fingerprint density at radius 3 is 1.86 bits per heavy atom. The minimum atomic E-state index is -1.67. The molecule has 1 aromatic heterocycles. The summed E-state index contributed by atoms with van der Waals surface area (Å²) < 4.78 is 0. The summed E-state index contributed by atoms with van der Waals surface area (Å²) in [6, 6.07) is -5.85. The fraction of sp³-hybridized carbons (Fsp3) is 0.526. The molecular weight excluding hydrogens is 472 g/mol. The highest BCUT2D eigenvalue weighted by Crippen LogP contribution is 2.04. The van der Waals surface area contributed by atoms with Crippen LogP contribution < -0.4 is 21.7 Å². The summed E-state index contributed by atoms with van der Waals surface area (Å²) in [6.45, 7) is -0.970. The van der Waals surface area contributed by atoms with Crippen molar-refractivity contribution in [2.24, 2.45) is 5.73 Å². The number of aliphatic hydroxyl groups excluding tert-OH is 1. The molecule has 0 radical (unpaired) electrons. The van der Waals surface area contributed by atoms with E-state index in [2.05, 4.69) is 20.6 Å². The molecule has 16 heteroatoms. The van der Waals surface area contributed by atoms with Gasteiger partial charge in [0.2, 0.25) is 17.7 Å². The Bertz CT molecular complexity index is 906. The van der Waals surface area contributed by atoms with E-state index in [0.29, 0.717) is 5.69 Å². The minimum absolute atomic E-state index is 0.0354. The lowest BCUT2D eigenvalue weighted by molar-refractivity contribution is -0.143. The molecule has 0 saturated carbocycles. The van der Waals surface area contributed by atoms with Gasteiger partial charge in [0.15, 0.2) is 0 Å². The first-order valence-corrected chi connectivity index (χ1v) is 10.4. The summed E-state index contributed by atoms with van der Waals surface area (Å²) in [5.74, 6) is -7.04. The number of aromatic nitrogens is 2. The van der Waals surface area contributed by atoms with Crippen LogP contribution in [0.2, 0.25) is 0 Å². The van der Waals surface area contributed by atoms with Crippen LogP contribution >= 0.6 is 0 Å². The van der Waals surface area contributed by atoms with Gasteiger partial charge in [-0.15, -0.1) is 0 Å². The summed E-state index contributed by atoms with van der Waals surface area (Å²) in [4.78, 5) is 76.9. The molecular formula is C19H28N6O10. The summed E-state index contributed by atoms with van der Waals surface area (Å²) in [5, 5.41) is 42.7. The van der Waals surface area contributed by atoms with E-state index in [1.807, 2.05) is 5.32 Å². The van der Waals surface area contributed by atoms with E-state index < -0.39 is 85.7 Å². The fourth-order valence-corrected chi connectivity index (χ4v) is 2.81. The lowest BCUT2D eigenvalue weighted by Crippen LogP contribution is -2.58. The zero-order valence-corrected chi connectivity index (χ0v) is 18.5. The maximum absolute atomic E-state index is 12.7. The van der Waals surface area contributed by atoms with Crippen molar-refractivity contribution in [3.8, 4) is 0 Å². The maximum atomic E-state index is 12.7. The van der Waals surface area contributed by atoms with Crippen LogP contribution in [0.15, 0.2) is 12.5 Å². The summed E-state index contributed by atoms with van der Waals surface area (Å²) in [6.07, 6.45) is 0.935. The molecule has 35 heavy (non-hydrogen) atoms. The molecule has 10 N–H and O–H groups in total. The Balaban J connectivity index is 2.85. The number of nitrogens with two attached hydrogens (primary N) is 1. The van der Waals surface area contributed by atoms with Crippen LogP contribution in [-0.2, 0) is 35.2 Å². The average Bonchev–Trinajstić information content (AvgIpc) is 3.29. The molecule has 16 nitrogen and oxygen atoms in total. The molecule has 0 aliphatic rings. The van der Waals surface area contributed by atoms with Crippen molar-refractivity contribution in [2.45, 2.75) is 56.3 Å². The van der Waals surface area contributed by atoms with Gasteiger partial charge in [-0.1, -0.05) is 0 Å². The van der Waals surface area contributed by atoms with Crippen LogP contribution in [0.3, 0.4) is 0 Å². The number of carbonyl (C=O) groups is 6. The molecule has 4 unspecified atom stereocenters. The third-order valence-corrected chi connectivity index (χ3v) is 4.69. The number of amides is 3. The van der Waals surface area contributed by atoms with Crippen molar-refractivity contribution in [2.75, 3.05) is 6.61 Å². The van der Waals surface area contributed by atoms with Gasteiger partial charge < -0.3 is 47.1 Å². The van der Waals surface area contributed by atoms with Crippen LogP contribution in [-0.4, -0.2) is 96.8 Å². The number of aliphatic carboxylic acids is 3. The number of aliphatic hydroxyl groups is 1. The van der Waals surface area contributed by atoms with E-state index >= 15 is 0 Å². The van der Waals surface area contributed by atoms with Gasteiger partial charge in [-0.3, -0.25) is 24.0 Å². The molecule has 0 fully saturated rings. The highest BCUT2D eigenvalue weighted by atomic mass is 16.4. The highest BCUT2D eigenvalue weighted by Gasteiger charge is 2.30. The zero-order chi connectivity index (χ0) is 26.5. The number of carboxylic acids is 3. The van der Waals surface area contributed by atoms with E-state index in [4.69, 9.17) is 21.1 Å². The second-order valence-corrected chi connectivity index (χ2v) is 7.46. The van der Waals surface area contributed by atoms with E-state index in [-0.39, 0.29) is 12.8 Å². The Morgan fingerprint density at radius 1 is 0.857 bits per heavy atom. The Labute approximate surface area is 198 Å². The first-order chi connectivity index (χ1) is 16.4. The lowest BCUT2D eigenvalue weighted by Gasteiger charge is -2.24. The first-order valence-electron chi connectivity index (χ1n) is 10.4. The predicted molar refractivity (Wildman–Crippen MR) is 115 cm³/mol. The van der Waals surface area contributed by atoms with Crippen LogP contribution in [0, 0.1) is 0 Å². The van der Waals surface area contributed by atoms with Gasteiger partial charge in [0.1, 0.15) is 18.1 Å². The quantitative estimate of drug-likeness (QED) is 0.107. The van der Waals surface area contributed by atoms with Gasteiger partial charge in [-0.2, -0.15) is 0 Å². The number of aromatic amines is 1. The van der Waals surface area contributed by atoms with Crippen LogP contribution in [0.1, 0.15) is 31.4 Å². The predicted octanol–water partition coefficient (Wildman–Crippen LogP) is -3.46. The molecule has 0 saturated heterocycles. The SMILES string of the molecule is NC(Cc1cnc[nH]1)C(=O)NC(CCC(=O)O)C(=O)NC(CO)C(=O)NC(CCC(=O)O)C(=O)O. The average molecular weight is 500 g/mol. The molecule has 194 valence electrons. The number of hydrogen-bond acceptors (Lipinski definition) is 9. The number of nitrogens with zero attached hydrogens (tertiary/aromatic N) is 1. The summed E-state index contributed by atoms with van der Waals surface area (Å²) >= 11 is 0. The monoisotopic (exact) mass is 500 g/mol. The van der Waals surface area contributed by atoms with Crippen molar-refractivity contribution in [1.29, 1.82) is 0 Å². The number of carboxylic acid groups (broad SMARTS) is 3. The number of hydrogen-bond donors (Lipinski definition) is 9. The van der Waals surface area contributed by atoms with Gasteiger partial charge in [0.25, 0.3) is 0 Å². The number of nitrogens with one attached hydrogen (secondary N) is 4. The summed E-state index contributed by atoms with van der Waals surface area (Å²) in [5.41, 5.74) is 6.35. The molecule has 4 atom stereocenters. The van der Waals surface area contributed by atoms with Gasteiger partial charge in [0, 0.05) is 31.2 Å². The first kappa shape index (κ1) is 29.0. The Hall–Kier alpha value is -4.05. The van der Waals surface area contributed by atoms with E-state index in [1.165, 1.54) is 12.5 Å². The third-order valence-electron chi connectivity index (χ3n) is 4.69. The highest BCUT2D eigenvalue weighted by molar-refractivity contribution is 5.94. The second-order valence-electron chi connectivity index (χ2n) is 7.46. The van der Waals surface area contributed by atoms with Gasteiger partial charge in [-0.05, 0) is 12.8 Å². The lowest BCUT2D eigenvalue weighted by atomic mass is 10.1. The van der Waals surface area contributed by atoms with Crippen molar-refractivity contribution in [3.63, 3.8) is 0 Å². The van der Waals surface area contributed by atoms with Crippen LogP contribution in [0.4, 0.5) is 0 Å². The molecule has 1 heterocycles. The molecule has 1 rings (SSSR count). The molecule has 3 amide bonds. The van der Waals surface area contributed by atoms with E-state index in [9.17, 15) is 33.9 Å². The Kier molecular flexibility index (Phi) is 11.8. The van der Waals surface area contributed by atoms with E-state index in [1.54, 1.807) is 0 Å². The van der Waals surface area contributed by atoms with Gasteiger partial charge in [0.05, 0.1) is 19.0 Å². The normalized spacial score (nSPS) is 14.1. The number of imidazole rings is 1. The standard InChI is InChI=1S/C19H28N6O10/c20-10(5-9-6-21-8-22-9)16(31)23-11(1-3-14(27)28)17(32)25-13(7-26)18(33)24-12(19(34)35)2-4-15(29)30/h6,8,10-13,26H,1-5,7,20H2,(H,21,22)(H,23,31)(H,24,33)(H,25,32)(H,27,28)(H,29,30)(H,34,35).